The molecule has 2 nitrogen and oxygen atoms in total. The first-order chi connectivity index (χ1) is 9.77. The van der Waals surface area contributed by atoms with E-state index in [0.29, 0.717) is 5.56 Å². The van der Waals surface area contributed by atoms with Crippen molar-refractivity contribution in [3.05, 3.63) is 64.7 Å². The number of aryl methyl sites for hydroxylation is 2. The Hall–Kier alpha value is -2.09. The summed E-state index contributed by atoms with van der Waals surface area (Å²) in [5.41, 5.74) is 5.14. The molecule has 2 aromatic rings. The molecule has 0 aromatic heterocycles. The van der Waals surface area contributed by atoms with E-state index >= 15 is 0 Å². The molecule has 2 heteroatoms. The fourth-order valence-electron chi connectivity index (χ4n) is 2.15. The number of carbonyl (C=O) groups is 1. The van der Waals surface area contributed by atoms with Crippen LogP contribution in [0.3, 0.4) is 0 Å². The molecule has 1 N–H and O–H groups in total. The number of nitrogens with one attached hydrogen (secondary N) is 1. The summed E-state index contributed by atoms with van der Waals surface area (Å²) < 4.78 is 0. The summed E-state index contributed by atoms with van der Waals surface area (Å²) in [5, 5.41) is 2.98. The Labute approximate surface area is 127 Å². The maximum absolute atomic E-state index is 12.3. The van der Waals surface area contributed by atoms with Crippen LogP contribution in [0.15, 0.2) is 42.5 Å². The summed E-state index contributed by atoms with van der Waals surface area (Å²) in [5.74, 6) is -0.0656. The highest BCUT2D eigenvalue weighted by Gasteiger charge is 2.14. The van der Waals surface area contributed by atoms with Crippen molar-refractivity contribution in [2.75, 3.05) is 5.32 Å². The number of hydrogen-bond donors (Lipinski definition) is 1. The van der Waals surface area contributed by atoms with Gasteiger partial charge in [0.1, 0.15) is 0 Å². The van der Waals surface area contributed by atoms with Crippen LogP contribution in [0.4, 0.5) is 5.69 Å². The predicted octanol–water partition coefficient (Wildman–Crippen LogP) is 4.85. The van der Waals surface area contributed by atoms with Crippen molar-refractivity contribution in [3.63, 3.8) is 0 Å². The van der Waals surface area contributed by atoms with Gasteiger partial charge in [-0.2, -0.15) is 0 Å². The molecule has 0 heterocycles. The number of amides is 1. The van der Waals surface area contributed by atoms with Gasteiger partial charge in [0, 0.05) is 11.3 Å². The maximum Gasteiger partial charge on any atom is 0.255 e. The van der Waals surface area contributed by atoms with Gasteiger partial charge in [-0.05, 0) is 60.2 Å². The van der Waals surface area contributed by atoms with Gasteiger partial charge in [0.2, 0.25) is 0 Å². The van der Waals surface area contributed by atoms with E-state index in [1.165, 1.54) is 11.1 Å². The van der Waals surface area contributed by atoms with Crippen LogP contribution in [0, 0.1) is 13.8 Å². The van der Waals surface area contributed by atoms with Crippen LogP contribution in [0.2, 0.25) is 0 Å². The SMILES string of the molecule is Cc1ccc(C(=O)Nc2cccc(C(C)(C)C)c2)cc1C. The molecule has 0 bridgehead atoms. The second kappa shape index (κ2) is 5.72. The molecule has 0 unspecified atom stereocenters. The summed E-state index contributed by atoms with van der Waals surface area (Å²) in [7, 11) is 0. The number of rotatable bonds is 2. The van der Waals surface area contributed by atoms with Gasteiger partial charge in [0.05, 0.1) is 0 Å². The van der Waals surface area contributed by atoms with Gasteiger partial charge in [0.15, 0.2) is 0 Å². The second-order valence-electron chi connectivity index (χ2n) is 6.58. The lowest BCUT2D eigenvalue weighted by molar-refractivity contribution is 0.102. The van der Waals surface area contributed by atoms with Crippen LogP contribution >= 0.6 is 0 Å². The number of anilines is 1. The minimum absolute atomic E-state index is 0.0656. The Morgan fingerprint density at radius 3 is 2.29 bits per heavy atom. The smallest absolute Gasteiger partial charge is 0.255 e. The van der Waals surface area contributed by atoms with E-state index in [9.17, 15) is 4.79 Å². The molecule has 1 amide bonds. The fraction of sp³-hybridized carbons (Fsp3) is 0.316. The molecular weight excluding hydrogens is 258 g/mol. The quantitative estimate of drug-likeness (QED) is 0.837. The van der Waals surface area contributed by atoms with Gasteiger partial charge in [-0.15, -0.1) is 0 Å². The molecule has 0 saturated carbocycles. The van der Waals surface area contributed by atoms with E-state index in [0.717, 1.165) is 11.3 Å². The molecule has 0 atom stereocenters. The van der Waals surface area contributed by atoms with Crippen molar-refractivity contribution in [2.24, 2.45) is 0 Å². The van der Waals surface area contributed by atoms with E-state index in [1.54, 1.807) is 0 Å². The standard InChI is InChI=1S/C19H23NO/c1-13-9-10-15(11-14(13)2)18(21)20-17-8-6-7-16(12-17)19(3,4)5/h6-12H,1-5H3,(H,20,21). The molecule has 0 radical (unpaired) electrons. The molecule has 0 fully saturated rings. The third-order valence-corrected chi connectivity index (χ3v) is 3.76. The predicted molar refractivity (Wildman–Crippen MR) is 89.0 cm³/mol. The van der Waals surface area contributed by atoms with Crippen molar-refractivity contribution in [1.29, 1.82) is 0 Å². The monoisotopic (exact) mass is 281 g/mol. The van der Waals surface area contributed by atoms with E-state index < -0.39 is 0 Å². The first-order valence-corrected chi connectivity index (χ1v) is 7.26. The first-order valence-electron chi connectivity index (χ1n) is 7.26. The highest BCUT2D eigenvalue weighted by atomic mass is 16.1. The third kappa shape index (κ3) is 3.72. The largest absolute Gasteiger partial charge is 0.322 e. The van der Waals surface area contributed by atoms with Crippen molar-refractivity contribution in [3.8, 4) is 0 Å². The lowest BCUT2D eigenvalue weighted by Crippen LogP contribution is -2.14. The molecule has 110 valence electrons. The van der Waals surface area contributed by atoms with Crippen LogP contribution < -0.4 is 5.32 Å². The maximum atomic E-state index is 12.3. The van der Waals surface area contributed by atoms with Crippen LogP contribution in [0.25, 0.3) is 0 Å². The van der Waals surface area contributed by atoms with Gasteiger partial charge in [-0.3, -0.25) is 4.79 Å². The van der Waals surface area contributed by atoms with Gasteiger partial charge >= 0.3 is 0 Å². The Morgan fingerprint density at radius 1 is 0.952 bits per heavy atom. The lowest BCUT2D eigenvalue weighted by atomic mass is 9.87. The molecule has 0 saturated heterocycles. The summed E-state index contributed by atoms with van der Waals surface area (Å²) >= 11 is 0. The molecule has 0 aliphatic carbocycles. The Kier molecular flexibility index (Phi) is 4.17. The molecule has 2 rings (SSSR count). The van der Waals surface area contributed by atoms with Crippen LogP contribution in [-0.4, -0.2) is 5.91 Å². The van der Waals surface area contributed by atoms with Gasteiger partial charge in [0.25, 0.3) is 5.91 Å². The van der Waals surface area contributed by atoms with E-state index in [1.807, 2.05) is 50.2 Å². The molecule has 0 spiro atoms. The topological polar surface area (TPSA) is 29.1 Å². The van der Waals surface area contributed by atoms with E-state index in [-0.39, 0.29) is 11.3 Å². The molecule has 0 aliphatic heterocycles. The Morgan fingerprint density at radius 2 is 1.67 bits per heavy atom. The third-order valence-electron chi connectivity index (χ3n) is 3.76. The number of carbonyl (C=O) groups excluding carboxylic acids is 1. The highest BCUT2D eigenvalue weighted by molar-refractivity contribution is 6.04. The highest BCUT2D eigenvalue weighted by Crippen LogP contribution is 2.24. The van der Waals surface area contributed by atoms with Crippen molar-refractivity contribution in [2.45, 2.75) is 40.0 Å². The second-order valence-corrected chi connectivity index (χ2v) is 6.58. The minimum Gasteiger partial charge on any atom is -0.322 e. The average Bonchev–Trinajstić information content (AvgIpc) is 2.41. The van der Waals surface area contributed by atoms with Gasteiger partial charge in [-0.1, -0.05) is 39.0 Å². The lowest BCUT2D eigenvalue weighted by Gasteiger charge is -2.20. The summed E-state index contributed by atoms with van der Waals surface area (Å²) in [6.45, 7) is 10.6. The molecule has 2 aromatic carbocycles. The van der Waals surface area contributed by atoms with E-state index in [2.05, 4.69) is 32.2 Å². The van der Waals surface area contributed by atoms with Crippen LogP contribution in [-0.2, 0) is 5.41 Å². The molecular formula is C19H23NO. The Bertz CT molecular complexity index is 666. The summed E-state index contributed by atoms with van der Waals surface area (Å²) in [4.78, 5) is 12.3. The van der Waals surface area contributed by atoms with Crippen molar-refractivity contribution in [1.82, 2.24) is 0 Å². The Balaban J connectivity index is 2.21. The summed E-state index contributed by atoms with van der Waals surface area (Å²) in [6.07, 6.45) is 0. The van der Waals surface area contributed by atoms with E-state index in [4.69, 9.17) is 0 Å². The van der Waals surface area contributed by atoms with Gasteiger partial charge in [-0.25, -0.2) is 0 Å². The minimum atomic E-state index is -0.0656. The number of benzene rings is 2. The number of hydrogen-bond acceptors (Lipinski definition) is 1. The zero-order valence-electron chi connectivity index (χ0n) is 13.4. The van der Waals surface area contributed by atoms with Crippen LogP contribution in [0.1, 0.15) is 47.8 Å². The summed E-state index contributed by atoms with van der Waals surface area (Å²) in [6, 6.07) is 13.8. The van der Waals surface area contributed by atoms with Crippen LogP contribution in [0.5, 0.6) is 0 Å². The molecule has 0 aliphatic rings. The zero-order valence-corrected chi connectivity index (χ0v) is 13.4. The zero-order chi connectivity index (χ0) is 15.6. The molecule has 21 heavy (non-hydrogen) atoms. The van der Waals surface area contributed by atoms with Gasteiger partial charge < -0.3 is 5.32 Å². The average molecular weight is 281 g/mol. The normalized spacial score (nSPS) is 11.3. The fourth-order valence-corrected chi connectivity index (χ4v) is 2.15. The van der Waals surface area contributed by atoms with Crippen molar-refractivity contribution >= 4 is 11.6 Å². The van der Waals surface area contributed by atoms with Crippen molar-refractivity contribution < 1.29 is 4.79 Å². The first kappa shape index (κ1) is 15.3.